The minimum absolute atomic E-state index is 0.235. The summed E-state index contributed by atoms with van der Waals surface area (Å²) in [6, 6.07) is 1.13. The first-order valence-corrected chi connectivity index (χ1v) is 6.14. The zero-order valence-corrected chi connectivity index (χ0v) is 10.8. The van der Waals surface area contributed by atoms with Crippen LogP contribution in [-0.4, -0.2) is 39.5 Å². The first-order chi connectivity index (χ1) is 9.90. The van der Waals surface area contributed by atoms with Crippen LogP contribution in [0.25, 0.3) is 0 Å². The van der Waals surface area contributed by atoms with Crippen molar-refractivity contribution in [2.24, 2.45) is 0 Å². The van der Waals surface area contributed by atoms with Crippen LogP contribution in [0.5, 0.6) is 0 Å². The SMILES string of the molecule is O=C(O)[C@@H]1CCCN1C(=O)Nc1ccc([N+](=O)[O-])cc1F. The van der Waals surface area contributed by atoms with Crippen LogP contribution in [0.1, 0.15) is 12.8 Å². The zero-order valence-electron chi connectivity index (χ0n) is 10.8. The number of nitrogens with zero attached hydrogens (tertiary/aromatic N) is 2. The van der Waals surface area contributed by atoms with Gasteiger partial charge in [-0.15, -0.1) is 0 Å². The first-order valence-electron chi connectivity index (χ1n) is 6.14. The molecule has 2 rings (SSSR count). The molecule has 0 aromatic heterocycles. The van der Waals surface area contributed by atoms with Crippen LogP contribution in [0, 0.1) is 15.9 Å². The molecule has 1 aromatic rings. The van der Waals surface area contributed by atoms with Gasteiger partial charge in [-0.1, -0.05) is 0 Å². The van der Waals surface area contributed by atoms with E-state index in [1.54, 1.807) is 0 Å². The Labute approximate surface area is 118 Å². The number of halogens is 1. The van der Waals surface area contributed by atoms with Gasteiger partial charge in [0, 0.05) is 12.6 Å². The van der Waals surface area contributed by atoms with Gasteiger partial charge in [-0.3, -0.25) is 10.1 Å². The van der Waals surface area contributed by atoms with Crippen molar-refractivity contribution < 1.29 is 24.0 Å². The van der Waals surface area contributed by atoms with Gasteiger partial charge in [0.1, 0.15) is 6.04 Å². The molecule has 0 spiro atoms. The molecular weight excluding hydrogens is 285 g/mol. The number of carbonyl (C=O) groups excluding carboxylic acids is 1. The average Bonchev–Trinajstić information content (AvgIpc) is 2.90. The first kappa shape index (κ1) is 14.7. The Morgan fingerprint density at radius 2 is 2.19 bits per heavy atom. The number of likely N-dealkylation sites (tertiary alicyclic amines) is 1. The summed E-state index contributed by atoms with van der Waals surface area (Å²) in [6.07, 6.45) is 0.888. The van der Waals surface area contributed by atoms with E-state index in [-0.39, 0.29) is 12.2 Å². The second kappa shape index (κ2) is 5.73. The molecule has 1 heterocycles. The molecule has 1 saturated heterocycles. The van der Waals surface area contributed by atoms with Gasteiger partial charge in [0.05, 0.1) is 16.7 Å². The number of nitro benzene ring substituents is 1. The number of non-ortho nitro benzene ring substituents is 1. The average molecular weight is 297 g/mol. The van der Waals surface area contributed by atoms with Gasteiger partial charge in [0.15, 0.2) is 5.82 Å². The number of hydrogen-bond acceptors (Lipinski definition) is 4. The fourth-order valence-corrected chi connectivity index (χ4v) is 2.17. The number of urea groups is 1. The second-order valence-corrected chi connectivity index (χ2v) is 4.54. The Hall–Kier alpha value is -2.71. The molecule has 0 radical (unpaired) electrons. The highest BCUT2D eigenvalue weighted by atomic mass is 19.1. The molecular formula is C12H12FN3O5. The van der Waals surface area contributed by atoms with E-state index < -0.39 is 34.5 Å². The Bertz CT molecular complexity index is 607. The highest BCUT2D eigenvalue weighted by Crippen LogP contribution is 2.23. The molecule has 2 amide bonds. The molecule has 0 bridgehead atoms. The lowest BCUT2D eigenvalue weighted by Crippen LogP contribution is -2.42. The van der Waals surface area contributed by atoms with Crippen LogP contribution < -0.4 is 5.32 Å². The van der Waals surface area contributed by atoms with Crippen molar-refractivity contribution in [3.63, 3.8) is 0 Å². The van der Waals surface area contributed by atoms with E-state index in [1.807, 2.05) is 0 Å². The van der Waals surface area contributed by atoms with Crippen molar-refractivity contribution >= 4 is 23.4 Å². The number of aliphatic carboxylic acids is 1. The van der Waals surface area contributed by atoms with E-state index in [1.165, 1.54) is 0 Å². The van der Waals surface area contributed by atoms with E-state index in [4.69, 9.17) is 5.11 Å². The number of benzene rings is 1. The molecule has 0 saturated carbocycles. The molecule has 1 aliphatic heterocycles. The second-order valence-electron chi connectivity index (χ2n) is 4.54. The third kappa shape index (κ3) is 3.07. The number of rotatable bonds is 3. The van der Waals surface area contributed by atoms with Gasteiger partial charge in [-0.05, 0) is 18.9 Å². The van der Waals surface area contributed by atoms with Crippen molar-refractivity contribution in [1.29, 1.82) is 0 Å². The third-order valence-corrected chi connectivity index (χ3v) is 3.20. The standard InChI is InChI=1S/C12H12FN3O5/c13-8-6-7(16(20)21)3-4-9(8)14-12(19)15-5-1-2-10(15)11(17)18/h3-4,6,10H,1-2,5H2,(H,14,19)(H,17,18)/t10-/m0/s1. The molecule has 21 heavy (non-hydrogen) atoms. The van der Waals surface area contributed by atoms with Crippen LogP contribution in [0.2, 0.25) is 0 Å². The highest BCUT2D eigenvalue weighted by molar-refractivity contribution is 5.92. The number of anilines is 1. The lowest BCUT2D eigenvalue weighted by molar-refractivity contribution is -0.385. The largest absolute Gasteiger partial charge is 0.480 e. The van der Waals surface area contributed by atoms with Crippen LogP contribution in [0.4, 0.5) is 20.6 Å². The summed E-state index contributed by atoms with van der Waals surface area (Å²) in [5, 5.41) is 21.7. The van der Waals surface area contributed by atoms with Crippen LogP contribution >= 0.6 is 0 Å². The van der Waals surface area contributed by atoms with Crippen molar-refractivity contribution in [1.82, 2.24) is 4.90 Å². The minimum Gasteiger partial charge on any atom is -0.480 e. The van der Waals surface area contributed by atoms with E-state index in [2.05, 4.69) is 5.32 Å². The van der Waals surface area contributed by atoms with E-state index in [0.29, 0.717) is 18.9 Å². The summed E-state index contributed by atoms with van der Waals surface area (Å²) >= 11 is 0. The van der Waals surface area contributed by atoms with Gasteiger partial charge < -0.3 is 15.3 Å². The number of nitro groups is 1. The lowest BCUT2D eigenvalue weighted by Gasteiger charge is -2.21. The monoisotopic (exact) mass is 297 g/mol. The lowest BCUT2D eigenvalue weighted by atomic mass is 10.2. The number of carbonyl (C=O) groups is 2. The van der Waals surface area contributed by atoms with E-state index in [0.717, 1.165) is 17.0 Å². The molecule has 1 aliphatic rings. The van der Waals surface area contributed by atoms with E-state index >= 15 is 0 Å². The van der Waals surface area contributed by atoms with Gasteiger partial charge in [-0.25, -0.2) is 14.0 Å². The molecule has 2 N–H and O–H groups in total. The van der Waals surface area contributed by atoms with Crippen LogP contribution in [-0.2, 0) is 4.79 Å². The van der Waals surface area contributed by atoms with Gasteiger partial charge in [0.25, 0.3) is 5.69 Å². The van der Waals surface area contributed by atoms with Gasteiger partial charge in [-0.2, -0.15) is 0 Å². The predicted molar refractivity (Wildman–Crippen MR) is 69.4 cm³/mol. The van der Waals surface area contributed by atoms with Crippen molar-refractivity contribution in [2.75, 3.05) is 11.9 Å². The smallest absolute Gasteiger partial charge is 0.326 e. The molecule has 1 atom stereocenters. The number of carboxylic acid groups (broad SMARTS) is 1. The van der Waals surface area contributed by atoms with Crippen molar-refractivity contribution in [3.8, 4) is 0 Å². The molecule has 0 aliphatic carbocycles. The summed E-state index contributed by atoms with van der Waals surface area (Å²) in [6.45, 7) is 0.261. The summed E-state index contributed by atoms with van der Waals surface area (Å²) in [7, 11) is 0. The fourth-order valence-electron chi connectivity index (χ4n) is 2.17. The summed E-state index contributed by atoms with van der Waals surface area (Å²) in [5.41, 5.74) is -0.670. The molecule has 112 valence electrons. The third-order valence-electron chi connectivity index (χ3n) is 3.20. The Morgan fingerprint density at radius 1 is 1.48 bits per heavy atom. The highest BCUT2D eigenvalue weighted by Gasteiger charge is 2.34. The minimum atomic E-state index is -1.12. The molecule has 8 nitrogen and oxygen atoms in total. The zero-order chi connectivity index (χ0) is 15.6. The fraction of sp³-hybridized carbons (Fsp3) is 0.333. The maximum absolute atomic E-state index is 13.7. The van der Waals surface area contributed by atoms with Crippen LogP contribution in [0.3, 0.4) is 0 Å². The van der Waals surface area contributed by atoms with Crippen molar-refractivity contribution in [2.45, 2.75) is 18.9 Å². The Morgan fingerprint density at radius 3 is 2.76 bits per heavy atom. The van der Waals surface area contributed by atoms with Gasteiger partial charge >= 0.3 is 12.0 Å². The van der Waals surface area contributed by atoms with Crippen molar-refractivity contribution in [3.05, 3.63) is 34.1 Å². The quantitative estimate of drug-likeness (QED) is 0.652. The summed E-state index contributed by atoms with van der Waals surface area (Å²) in [4.78, 5) is 33.8. The number of carboxylic acids is 1. The maximum Gasteiger partial charge on any atom is 0.326 e. The van der Waals surface area contributed by atoms with Gasteiger partial charge in [0.2, 0.25) is 0 Å². The predicted octanol–water partition coefficient (Wildman–Crippen LogP) is 1.81. The molecule has 9 heteroatoms. The Kier molecular flexibility index (Phi) is 4.01. The van der Waals surface area contributed by atoms with Crippen LogP contribution in [0.15, 0.2) is 18.2 Å². The summed E-state index contributed by atoms with van der Waals surface area (Å²) in [5.74, 6) is -2.07. The Balaban J connectivity index is 2.13. The topological polar surface area (TPSA) is 113 Å². The van der Waals surface area contributed by atoms with E-state index in [9.17, 15) is 24.1 Å². The molecule has 1 aromatic carbocycles. The summed E-state index contributed by atoms with van der Waals surface area (Å²) < 4.78 is 13.7. The molecule has 1 fully saturated rings. The molecule has 0 unspecified atom stereocenters. The maximum atomic E-state index is 13.7. The number of hydrogen-bond donors (Lipinski definition) is 2. The number of nitrogens with one attached hydrogen (secondary N) is 1. The normalized spacial score (nSPS) is 17.6. The number of amides is 2.